The van der Waals surface area contributed by atoms with Crippen LogP contribution < -0.4 is 4.74 Å². The first-order chi connectivity index (χ1) is 8.58. The molecule has 18 heavy (non-hydrogen) atoms. The fraction of sp³-hybridized carbons (Fsp3) is 0.571. The molecule has 0 amide bonds. The summed E-state index contributed by atoms with van der Waals surface area (Å²) >= 11 is 3.42. The molecule has 1 unspecified atom stereocenters. The van der Waals surface area contributed by atoms with Crippen LogP contribution in [0, 0.1) is 0 Å². The Kier molecular flexibility index (Phi) is 6.68. The zero-order valence-electron chi connectivity index (χ0n) is 11.3. The Morgan fingerprint density at radius 2 is 2.00 bits per heavy atom. The molecule has 0 aliphatic heterocycles. The Balaban J connectivity index is 2.63. The molecule has 0 aliphatic carbocycles. The molecule has 0 saturated heterocycles. The second kappa shape index (κ2) is 7.77. The van der Waals surface area contributed by atoms with Gasteiger partial charge in [0.25, 0.3) is 0 Å². The maximum atomic E-state index is 9.69. The van der Waals surface area contributed by atoms with Gasteiger partial charge in [-0.1, -0.05) is 35.8 Å². The number of halogens is 1. The van der Waals surface area contributed by atoms with Crippen molar-refractivity contribution >= 4 is 15.9 Å². The van der Waals surface area contributed by atoms with Crippen LogP contribution in [0.4, 0.5) is 0 Å². The van der Waals surface area contributed by atoms with Gasteiger partial charge in [0, 0.05) is 16.6 Å². The molecule has 0 radical (unpaired) electrons. The van der Waals surface area contributed by atoms with E-state index < -0.39 is 6.10 Å². The highest BCUT2D eigenvalue weighted by Crippen LogP contribution is 2.28. The maximum Gasteiger partial charge on any atom is 0.126 e. The lowest BCUT2D eigenvalue weighted by molar-refractivity contribution is 0.184. The van der Waals surface area contributed by atoms with Gasteiger partial charge in [-0.25, -0.2) is 0 Å². The van der Waals surface area contributed by atoms with E-state index in [0.717, 1.165) is 35.4 Å². The van der Waals surface area contributed by atoms with Gasteiger partial charge in [-0.3, -0.25) is 0 Å². The van der Waals surface area contributed by atoms with Gasteiger partial charge < -0.3 is 14.7 Å². The molecule has 0 fully saturated rings. The fourth-order valence-corrected chi connectivity index (χ4v) is 2.14. The van der Waals surface area contributed by atoms with E-state index in [0.29, 0.717) is 6.61 Å². The number of ether oxygens (including phenoxy) is 1. The van der Waals surface area contributed by atoms with Gasteiger partial charge in [0.15, 0.2) is 0 Å². The van der Waals surface area contributed by atoms with Gasteiger partial charge in [-0.2, -0.15) is 0 Å². The van der Waals surface area contributed by atoms with Crippen molar-refractivity contribution < 1.29 is 9.84 Å². The molecule has 102 valence electrons. The van der Waals surface area contributed by atoms with Crippen molar-refractivity contribution in [1.29, 1.82) is 0 Å². The van der Waals surface area contributed by atoms with Crippen molar-refractivity contribution in [2.75, 3.05) is 26.2 Å². The number of aliphatic hydroxyl groups is 1. The van der Waals surface area contributed by atoms with E-state index in [2.05, 4.69) is 34.7 Å². The summed E-state index contributed by atoms with van der Waals surface area (Å²) in [5.74, 6) is 0.756. The predicted octanol–water partition coefficient (Wildman–Crippen LogP) is 3.22. The Labute approximate surface area is 118 Å². The number of nitrogens with zero attached hydrogens (tertiary/aromatic N) is 1. The fourth-order valence-electron chi connectivity index (χ4n) is 1.80. The minimum Gasteiger partial charge on any atom is -0.492 e. The van der Waals surface area contributed by atoms with Gasteiger partial charge in [-0.05, 0) is 32.1 Å². The van der Waals surface area contributed by atoms with Crippen LogP contribution in [0.2, 0.25) is 0 Å². The van der Waals surface area contributed by atoms with Crippen LogP contribution in [0.1, 0.15) is 32.4 Å². The summed E-state index contributed by atoms with van der Waals surface area (Å²) in [6, 6.07) is 5.71. The Morgan fingerprint density at radius 3 is 2.56 bits per heavy atom. The van der Waals surface area contributed by atoms with Crippen molar-refractivity contribution in [3.05, 3.63) is 28.2 Å². The third kappa shape index (κ3) is 4.59. The van der Waals surface area contributed by atoms with Crippen LogP contribution in [0.25, 0.3) is 0 Å². The van der Waals surface area contributed by atoms with Crippen LogP contribution in [0.3, 0.4) is 0 Å². The lowest BCUT2D eigenvalue weighted by atomic mass is 10.1. The normalized spacial score (nSPS) is 12.8. The molecule has 1 atom stereocenters. The summed E-state index contributed by atoms with van der Waals surface area (Å²) in [5.41, 5.74) is 0.831. The maximum absolute atomic E-state index is 9.69. The number of likely N-dealkylation sites (N-methyl/N-ethyl adjacent to an activating group) is 1. The summed E-state index contributed by atoms with van der Waals surface area (Å²) in [4.78, 5) is 2.31. The minimum absolute atomic E-state index is 0.512. The predicted molar refractivity (Wildman–Crippen MR) is 78.1 cm³/mol. The zero-order chi connectivity index (χ0) is 13.5. The second-order valence-corrected chi connectivity index (χ2v) is 5.15. The van der Waals surface area contributed by atoms with Gasteiger partial charge in [0.1, 0.15) is 12.4 Å². The zero-order valence-corrected chi connectivity index (χ0v) is 12.9. The van der Waals surface area contributed by atoms with Crippen molar-refractivity contribution in [1.82, 2.24) is 4.90 Å². The minimum atomic E-state index is -0.512. The molecule has 0 aromatic heterocycles. The highest BCUT2D eigenvalue weighted by atomic mass is 79.9. The van der Waals surface area contributed by atoms with E-state index in [4.69, 9.17) is 4.74 Å². The molecule has 1 N–H and O–H groups in total. The third-order valence-corrected chi connectivity index (χ3v) is 3.48. The second-order valence-electron chi connectivity index (χ2n) is 4.23. The van der Waals surface area contributed by atoms with Crippen LogP contribution in [-0.4, -0.2) is 36.2 Å². The number of benzene rings is 1. The van der Waals surface area contributed by atoms with E-state index in [1.165, 1.54) is 0 Å². The van der Waals surface area contributed by atoms with Crippen LogP contribution >= 0.6 is 15.9 Å². The molecular weight excluding hydrogens is 294 g/mol. The quantitative estimate of drug-likeness (QED) is 0.838. The molecule has 1 aromatic rings. The topological polar surface area (TPSA) is 32.7 Å². The van der Waals surface area contributed by atoms with Crippen molar-refractivity contribution in [3.8, 4) is 5.75 Å². The molecule has 1 rings (SSSR count). The van der Waals surface area contributed by atoms with Gasteiger partial charge in [0.2, 0.25) is 0 Å². The molecule has 0 heterocycles. The summed E-state index contributed by atoms with van der Waals surface area (Å²) in [6.45, 7) is 9.63. The van der Waals surface area contributed by atoms with Crippen molar-refractivity contribution in [3.63, 3.8) is 0 Å². The first-order valence-electron chi connectivity index (χ1n) is 6.41. The molecule has 0 saturated carbocycles. The number of hydrogen-bond acceptors (Lipinski definition) is 3. The van der Waals surface area contributed by atoms with E-state index in [-0.39, 0.29) is 0 Å². The van der Waals surface area contributed by atoms with E-state index in [9.17, 15) is 5.11 Å². The summed E-state index contributed by atoms with van der Waals surface area (Å²) in [5, 5.41) is 9.69. The van der Waals surface area contributed by atoms with Gasteiger partial charge in [-0.15, -0.1) is 0 Å². The smallest absolute Gasteiger partial charge is 0.126 e. The molecule has 4 heteroatoms. The van der Waals surface area contributed by atoms with Gasteiger partial charge in [0.05, 0.1) is 6.10 Å². The molecule has 1 aromatic carbocycles. The van der Waals surface area contributed by atoms with Crippen molar-refractivity contribution in [2.24, 2.45) is 0 Å². The highest BCUT2D eigenvalue weighted by molar-refractivity contribution is 9.10. The highest BCUT2D eigenvalue weighted by Gasteiger charge is 2.10. The molecule has 3 nitrogen and oxygen atoms in total. The molecule has 0 bridgehead atoms. The van der Waals surface area contributed by atoms with Gasteiger partial charge >= 0.3 is 0 Å². The Hall–Kier alpha value is -0.580. The first-order valence-corrected chi connectivity index (χ1v) is 7.20. The number of aliphatic hydroxyl groups excluding tert-OH is 1. The number of rotatable bonds is 7. The lowest BCUT2D eigenvalue weighted by Gasteiger charge is -2.19. The molecule has 0 spiro atoms. The first kappa shape index (κ1) is 15.5. The summed E-state index contributed by atoms with van der Waals surface area (Å²) in [6.07, 6.45) is -0.512. The average Bonchev–Trinajstić information content (AvgIpc) is 2.34. The van der Waals surface area contributed by atoms with E-state index >= 15 is 0 Å². The molecule has 0 aliphatic rings. The monoisotopic (exact) mass is 315 g/mol. The standard InChI is InChI=1S/C14H22BrNO2/c1-4-16(5-2)8-9-18-14-10-12(15)6-7-13(14)11(3)17/h6-7,10-11,17H,4-5,8-9H2,1-3H3. The largest absolute Gasteiger partial charge is 0.492 e. The molecular formula is C14H22BrNO2. The van der Waals surface area contributed by atoms with Crippen LogP contribution in [0.5, 0.6) is 5.75 Å². The van der Waals surface area contributed by atoms with Crippen LogP contribution in [-0.2, 0) is 0 Å². The summed E-state index contributed by atoms with van der Waals surface area (Å²) in [7, 11) is 0. The Morgan fingerprint density at radius 1 is 1.33 bits per heavy atom. The van der Waals surface area contributed by atoms with Crippen molar-refractivity contribution in [2.45, 2.75) is 26.9 Å². The third-order valence-electron chi connectivity index (χ3n) is 2.99. The SMILES string of the molecule is CCN(CC)CCOc1cc(Br)ccc1C(C)O. The average molecular weight is 316 g/mol. The Bertz CT molecular complexity index is 365. The van der Waals surface area contributed by atoms with Crippen LogP contribution in [0.15, 0.2) is 22.7 Å². The number of hydrogen-bond donors (Lipinski definition) is 1. The lowest BCUT2D eigenvalue weighted by Crippen LogP contribution is -2.28. The summed E-state index contributed by atoms with van der Waals surface area (Å²) < 4.78 is 6.74. The van der Waals surface area contributed by atoms with E-state index in [1.54, 1.807) is 6.92 Å². The van der Waals surface area contributed by atoms with E-state index in [1.807, 2.05) is 18.2 Å².